The van der Waals surface area contributed by atoms with E-state index >= 15 is 0 Å². The molecule has 0 aliphatic heterocycles. The maximum absolute atomic E-state index is 11.9. The number of methoxy groups -OCH3 is 1. The van der Waals surface area contributed by atoms with Gasteiger partial charge in [-0.25, -0.2) is 0 Å². The molecule has 104 valence electrons. The number of carbonyl (C=O) groups excluding carboxylic acids is 1. The van der Waals surface area contributed by atoms with Crippen LogP contribution in [0.1, 0.15) is 41.0 Å². The molecule has 1 unspecified atom stereocenters. The standard InChI is InChI=1S/C14H26N2O2/c1-8-10(3)13(11(4)17)16(9-2)14(6,18-7)12(5)15/h9,12H,2,8,15H2,1,3-7H3/b13-10-/t12-,14?/m1/s1. The summed E-state index contributed by atoms with van der Waals surface area (Å²) in [5, 5.41) is 0. The molecule has 0 aromatic carbocycles. The Morgan fingerprint density at radius 1 is 1.56 bits per heavy atom. The maximum Gasteiger partial charge on any atom is 0.176 e. The molecule has 4 nitrogen and oxygen atoms in total. The van der Waals surface area contributed by atoms with Gasteiger partial charge in [-0.3, -0.25) is 4.79 Å². The van der Waals surface area contributed by atoms with E-state index in [2.05, 4.69) is 6.58 Å². The zero-order valence-corrected chi connectivity index (χ0v) is 12.4. The molecule has 18 heavy (non-hydrogen) atoms. The number of nitrogens with two attached hydrogens (primary N) is 1. The van der Waals surface area contributed by atoms with Crippen LogP contribution < -0.4 is 5.73 Å². The number of ether oxygens (including phenoxy) is 1. The van der Waals surface area contributed by atoms with Crippen LogP contribution in [0.3, 0.4) is 0 Å². The van der Waals surface area contributed by atoms with Gasteiger partial charge >= 0.3 is 0 Å². The van der Waals surface area contributed by atoms with Crippen molar-refractivity contribution in [2.24, 2.45) is 5.73 Å². The fourth-order valence-electron chi connectivity index (χ4n) is 1.84. The largest absolute Gasteiger partial charge is 0.357 e. The summed E-state index contributed by atoms with van der Waals surface area (Å²) in [6, 6.07) is -0.278. The number of ketones is 1. The third-order valence-corrected chi connectivity index (χ3v) is 3.43. The van der Waals surface area contributed by atoms with Gasteiger partial charge in [0.15, 0.2) is 11.5 Å². The van der Waals surface area contributed by atoms with E-state index in [9.17, 15) is 4.79 Å². The third kappa shape index (κ3) is 3.21. The average molecular weight is 254 g/mol. The molecule has 0 saturated carbocycles. The third-order valence-electron chi connectivity index (χ3n) is 3.43. The quantitative estimate of drug-likeness (QED) is 0.560. The maximum atomic E-state index is 11.9. The van der Waals surface area contributed by atoms with Gasteiger partial charge in [0.05, 0.1) is 5.70 Å². The highest BCUT2D eigenvalue weighted by molar-refractivity contribution is 5.93. The van der Waals surface area contributed by atoms with Gasteiger partial charge in [-0.2, -0.15) is 0 Å². The van der Waals surface area contributed by atoms with Gasteiger partial charge in [0.1, 0.15) is 0 Å². The minimum Gasteiger partial charge on any atom is -0.357 e. The molecular formula is C14H26N2O2. The fraction of sp³-hybridized carbons (Fsp3) is 0.643. The van der Waals surface area contributed by atoms with Gasteiger partial charge in [0.2, 0.25) is 0 Å². The molecule has 0 rings (SSSR count). The minimum atomic E-state index is -0.792. The van der Waals surface area contributed by atoms with E-state index in [1.807, 2.05) is 27.7 Å². The Morgan fingerprint density at radius 3 is 2.28 bits per heavy atom. The summed E-state index contributed by atoms with van der Waals surface area (Å²) in [6.45, 7) is 13.0. The number of hydrogen-bond acceptors (Lipinski definition) is 4. The van der Waals surface area contributed by atoms with E-state index in [0.29, 0.717) is 5.70 Å². The van der Waals surface area contributed by atoms with Crippen molar-refractivity contribution >= 4 is 5.78 Å². The summed E-state index contributed by atoms with van der Waals surface area (Å²) >= 11 is 0. The van der Waals surface area contributed by atoms with E-state index in [0.717, 1.165) is 12.0 Å². The lowest BCUT2D eigenvalue weighted by molar-refractivity contribution is -0.125. The predicted octanol–water partition coefficient (Wildman–Crippen LogP) is 2.41. The molecule has 0 bridgehead atoms. The van der Waals surface area contributed by atoms with Gasteiger partial charge in [-0.05, 0) is 39.0 Å². The number of hydrogen-bond donors (Lipinski definition) is 1. The topological polar surface area (TPSA) is 55.6 Å². The van der Waals surface area contributed by atoms with Crippen LogP contribution in [0.4, 0.5) is 0 Å². The Labute approximate surface area is 110 Å². The van der Waals surface area contributed by atoms with Crippen LogP contribution in [-0.2, 0) is 9.53 Å². The van der Waals surface area contributed by atoms with Gasteiger partial charge in [0, 0.05) is 20.1 Å². The first kappa shape index (κ1) is 16.9. The van der Waals surface area contributed by atoms with Crippen molar-refractivity contribution < 1.29 is 9.53 Å². The monoisotopic (exact) mass is 254 g/mol. The van der Waals surface area contributed by atoms with Crippen molar-refractivity contribution in [2.45, 2.75) is 52.8 Å². The predicted molar refractivity (Wildman–Crippen MR) is 74.8 cm³/mol. The average Bonchev–Trinajstić information content (AvgIpc) is 2.33. The molecular weight excluding hydrogens is 228 g/mol. The van der Waals surface area contributed by atoms with Crippen LogP contribution in [0.2, 0.25) is 0 Å². The van der Waals surface area contributed by atoms with Crippen LogP contribution in [0.25, 0.3) is 0 Å². The second kappa shape index (κ2) is 6.71. The summed E-state index contributed by atoms with van der Waals surface area (Å²) in [5.74, 6) is -0.0156. The molecule has 0 aliphatic rings. The van der Waals surface area contributed by atoms with Gasteiger partial charge in [-0.15, -0.1) is 0 Å². The molecule has 2 N–H and O–H groups in total. The molecule has 4 heteroatoms. The molecule has 0 aromatic heterocycles. The molecule has 2 atom stereocenters. The highest BCUT2D eigenvalue weighted by atomic mass is 16.5. The van der Waals surface area contributed by atoms with Crippen molar-refractivity contribution in [3.05, 3.63) is 24.0 Å². The second-order valence-electron chi connectivity index (χ2n) is 4.64. The molecule has 0 fully saturated rings. The van der Waals surface area contributed by atoms with E-state index in [-0.39, 0.29) is 11.8 Å². The Kier molecular flexibility index (Phi) is 6.29. The molecule has 0 aliphatic carbocycles. The van der Waals surface area contributed by atoms with E-state index in [1.54, 1.807) is 25.1 Å². The summed E-state index contributed by atoms with van der Waals surface area (Å²) in [6.07, 6.45) is 2.39. The van der Waals surface area contributed by atoms with Crippen molar-refractivity contribution in [2.75, 3.05) is 7.11 Å². The van der Waals surface area contributed by atoms with E-state index in [1.165, 1.54) is 0 Å². The molecule has 0 radical (unpaired) electrons. The Balaban J connectivity index is 5.81. The number of allylic oxidation sites excluding steroid dienone is 2. The first-order valence-corrected chi connectivity index (χ1v) is 6.19. The summed E-state index contributed by atoms with van der Waals surface area (Å²) in [7, 11) is 1.58. The Bertz CT molecular complexity index is 348. The van der Waals surface area contributed by atoms with Gasteiger partial charge in [0.25, 0.3) is 0 Å². The Hall–Kier alpha value is -1.13. The van der Waals surface area contributed by atoms with Crippen LogP contribution in [0.15, 0.2) is 24.0 Å². The van der Waals surface area contributed by atoms with Crippen LogP contribution in [0, 0.1) is 0 Å². The summed E-state index contributed by atoms with van der Waals surface area (Å²) < 4.78 is 5.52. The van der Waals surface area contributed by atoms with Gasteiger partial charge < -0.3 is 15.4 Å². The minimum absolute atomic E-state index is 0.0156. The van der Waals surface area contributed by atoms with Crippen LogP contribution in [-0.4, -0.2) is 29.6 Å². The number of carbonyl (C=O) groups is 1. The van der Waals surface area contributed by atoms with Crippen molar-refractivity contribution in [3.8, 4) is 0 Å². The smallest absolute Gasteiger partial charge is 0.176 e. The zero-order valence-electron chi connectivity index (χ0n) is 12.4. The van der Waals surface area contributed by atoms with Crippen molar-refractivity contribution in [1.82, 2.24) is 4.90 Å². The fourth-order valence-corrected chi connectivity index (χ4v) is 1.84. The number of rotatable bonds is 7. The second-order valence-corrected chi connectivity index (χ2v) is 4.64. The summed E-state index contributed by atoms with van der Waals surface area (Å²) in [5.41, 5.74) is 6.79. The SMILES string of the molecule is C=CN(/C(C(C)=O)=C(/C)CC)C(C)(OC)[C@@H](C)N. The number of Topliss-reactive ketones (excluding diaryl/α,β-unsaturated/α-hetero) is 1. The normalized spacial score (nSPS) is 17.5. The highest BCUT2D eigenvalue weighted by Crippen LogP contribution is 2.27. The molecule has 0 heterocycles. The van der Waals surface area contributed by atoms with E-state index < -0.39 is 5.72 Å². The van der Waals surface area contributed by atoms with E-state index in [4.69, 9.17) is 10.5 Å². The molecule has 0 amide bonds. The van der Waals surface area contributed by atoms with Crippen molar-refractivity contribution in [1.29, 1.82) is 0 Å². The first-order valence-electron chi connectivity index (χ1n) is 6.19. The lowest BCUT2D eigenvalue weighted by Gasteiger charge is -2.43. The Morgan fingerprint density at radius 2 is 2.06 bits per heavy atom. The lowest BCUT2D eigenvalue weighted by atomic mass is 10.0. The first-order chi connectivity index (χ1) is 8.26. The molecule has 0 aromatic rings. The molecule has 0 saturated heterocycles. The van der Waals surface area contributed by atoms with Gasteiger partial charge in [-0.1, -0.05) is 13.5 Å². The number of nitrogens with zero attached hydrogens (tertiary/aromatic N) is 1. The summed E-state index contributed by atoms with van der Waals surface area (Å²) in [4.78, 5) is 13.6. The highest BCUT2D eigenvalue weighted by Gasteiger charge is 2.37. The van der Waals surface area contributed by atoms with Crippen molar-refractivity contribution in [3.63, 3.8) is 0 Å². The zero-order chi connectivity index (χ0) is 14.5. The van der Waals surface area contributed by atoms with Crippen LogP contribution in [0.5, 0.6) is 0 Å². The molecule has 0 spiro atoms. The van der Waals surface area contributed by atoms with Crippen LogP contribution >= 0.6 is 0 Å². The lowest BCUT2D eigenvalue weighted by Crippen LogP contribution is -2.56.